The van der Waals surface area contributed by atoms with Gasteiger partial charge in [0.05, 0.1) is 0 Å². The average Bonchev–Trinajstić information content (AvgIpc) is 3.23. The Hall–Kier alpha value is -2.72. The van der Waals surface area contributed by atoms with E-state index in [2.05, 4.69) is 17.1 Å². The van der Waals surface area contributed by atoms with Crippen LogP contribution in [0.3, 0.4) is 0 Å². The molecular weight excluding hydrogens is 346 g/mol. The standard InChI is InChI=1S/C21H18ClN3O/c22-17-5-3-7-20-15(17)8-10-24(20)13-21(26)25-11-9-19-16(12-25)14-4-1-2-6-18(14)23-19/h1-8,10,23H,9,11-13H2. The molecule has 0 atom stereocenters. The highest BCUT2D eigenvalue weighted by molar-refractivity contribution is 6.35. The molecule has 1 aliphatic heterocycles. The predicted octanol–water partition coefficient (Wildman–Crippen LogP) is 4.36. The van der Waals surface area contributed by atoms with Crippen LogP contribution in [-0.2, 0) is 24.3 Å². The van der Waals surface area contributed by atoms with Crippen molar-refractivity contribution in [2.45, 2.75) is 19.5 Å². The zero-order valence-electron chi connectivity index (χ0n) is 14.2. The number of halogens is 1. The molecule has 3 heterocycles. The van der Waals surface area contributed by atoms with Crippen molar-refractivity contribution in [2.24, 2.45) is 0 Å². The molecule has 0 spiro atoms. The van der Waals surface area contributed by atoms with E-state index in [-0.39, 0.29) is 5.91 Å². The fourth-order valence-electron chi connectivity index (χ4n) is 3.95. The van der Waals surface area contributed by atoms with Crippen LogP contribution in [0.5, 0.6) is 0 Å². The summed E-state index contributed by atoms with van der Waals surface area (Å²) in [4.78, 5) is 18.4. The summed E-state index contributed by atoms with van der Waals surface area (Å²) in [7, 11) is 0. The summed E-state index contributed by atoms with van der Waals surface area (Å²) < 4.78 is 1.98. The number of benzene rings is 2. The molecule has 4 aromatic rings. The van der Waals surface area contributed by atoms with E-state index in [0.717, 1.165) is 34.4 Å². The minimum Gasteiger partial charge on any atom is -0.358 e. The molecule has 5 heteroatoms. The molecule has 5 rings (SSSR count). The number of amides is 1. The molecule has 0 saturated carbocycles. The molecule has 0 saturated heterocycles. The Kier molecular flexibility index (Phi) is 3.54. The van der Waals surface area contributed by atoms with Crippen molar-refractivity contribution in [3.63, 3.8) is 0 Å². The summed E-state index contributed by atoms with van der Waals surface area (Å²) in [5.74, 6) is 0.137. The highest BCUT2D eigenvalue weighted by Gasteiger charge is 2.24. The number of fused-ring (bicyclic) bond motifs is 4. The monoisotopic (exact) mass is 363 g/mol. The van der Waals surface area contributed by atoms with Crippen molar-refractivity contribution in [1.29, 1.82) is 0 Å². The van der Waals surface area contributed by atoms with Gasteiger partial charge in [-0.15, -0.1) is 0 Å². The van der Waals surface area contributed by atoms with E-state index >= 15 is 0 Å². The molecule has 0 bridgehead atoms. The normalized spacial score (nSPS) is 14.1. The van der Waals surface area contributed by atoms with Crippen LogP contribution in [0, 0.1) is 0 Å². The number of carbonyl (C=O) groups excluding carboxylic acids is 1. The number of nitrogens with zero attached hydrogens (tertiary/aromatic N) is 2. The van der Waals surface area contributed by atoms with Gasteiger partial charge in [-0.05, 0) is 24.3 Å². The Labute approximate surface area is 156 Å². The third-order valence-electron chi connectivity index (χ3n) is 5.30. The summed E-state index contributed by atoms with van der Waals surface area (Å²) in [5.41, 5.74) is 4.66. The van der Waals surface area contributed by atoms with E-state index in [1.165, 1.54) is 16.6 Å². The van der Waals surface area contributed by atoms with E-state index in [4.69, 9.17) is 11.6 Å². The molecule has 1 amide bonds. The molecule has 1 aliphatic rings. The van der Waals surface area contributed by atoms with Crippen LogP contribution >= 0.6 is 11.6 Å². The minimum atomic E-state index is 0.137. The molecule has 26 heavy (non-hydrogen) atoms. The van der Waals surface area contributed by atoms with Gasteiger partial charge in [0.2, 0.25) is 5.91 Å². The summed E-state index contributed by atoms with van der Waals surface area (Å²) in [5, 5.41) is 2.92. The highest BCUT2D eigenvalue weighted by Crippen LogP contribution is 2.28. The van der Waals surface area contributed by atoms with Crippen LogP contribution in [0.2, 0.25) is 5.02 Å². The Bertz CT molecular complexity index is 1140. The number of hydrogen-bond acceptors (Lipinski definition) is 1. The number of aromatic amines is 1. The summed E-state index contributed by atoms with van der Waals surface area (Å²) in [6.45, 7) is 1.75. The Morgan fingerprint density at radius 3 is 2.88 bits per heavy atom. The molecule has 0 fully saturated rings. The first-order valence-electron chi connectivity index (χ1n) is 8.80. The van der Waals surface area contributed by atoms with E-state index in [0.29, 0.717) is 13.1 Å². The molecule has 0 aliphatic carbocycles. The number of rotatable bonds is 2. The van der Waals surface area contributed by atoms with Crippen molar-refractivity contribution < 1.29 is 4.79 Å². The first-order valence-corrected chi connectivity index (χ1v) is 9.18. The quantitative estimate of drug-likeness (QED) is 0.564. The summed E-state index contributed by atoms with van der Waals surface area (Å²) in [6, 6.07) is 16.1. The van der Waals surface area contributed by atoms with Gasteiger partial charge in [-0.25, -0.2) is 0 Å². The fourth-order valence-corrected chi connectivity index (χ4v) is 4.18. The number of carbonyl (C=O) groups is 1. The van der Waals surface area contributed by atoms with Crippen LogP contribution < -0.4 is 0 Å². The lowest BCUT2D eigenvalue weighted by atomic mass is 10.0. The topological polar surface area (TPSA) is 41.0 Å². The molecule has 130 valence electrons. The number of nitrogens with one attached hydrogen (secondary N) is 1. The predicted molar refractivity (Wildman–Crippen MR) is 104 cm³/mol. The van der Waals surface area contributed by atoms with Crippen LogP contribution in [0.25, 0.3) is 21.8 Å². The number of aromatic nitrogens is 2. The van der Waals surface area contributed by atoms with Gasteiger partial charge in [-0.3, -0.25) is 4.79 Å². The lowest BCUT2D eigenvalue weighted by Crippen LogP contribution is -2.37. The maximum Gasteiger partial charge on any atom is 0.242 e. The molecule has 4 nitrogen and oxygen atoms in total. The van der Waals surface area contributed by atoms with Gasteiger partial charge in [0.15, 0.2) is 0 Å². The summed E-state index contributed by atoms with van der Waals surface area (Å²) >= 11 is 6.24. The highest BCUT2D eigenvalue weighted by atomic mass is 35.5. The Morgan fingerprint density at radius 2 is 1.96 bits per heavy atom. The van der Waals surface area contributed by atoms with Gasteiger partial charge in [0, 0.05) is 63.8 Å². The SMILES string of the molecule is O=C(Cn1ccc2c(Cl)cccc21)N1CCc2[nH]c3ccccc3c2C1. The number of H-pyrrole nitrogens is 1. The number of hydrogen-bond donors (Lipinski definition) is 1. The van der Waals surface area contributed by atoms with Gasteiger partial charge in [-0.2, -0.15) is 0 Å². The molecule has 0 radical (unpaired) electrons. The molecular formula is C21H18ClN3O. The number of para-hydroxylation sites is 1. The third kappa shape index (κ3) is 2.41. The maximum atomic E-state index is 12.9. The minimum absolute atomic E-state index is 0.137. The fraction of sp³-hybridized carbons (Fsp3) is 0.190. The second kappa shape index (κ2) is 5.92. The van der Waals surface area contributed by atoms with E-state index in [9.17, 15) is 4.79 Å². The maximum absolute atomic E-state index is 12.9. The van der Waals surface area contributed by atoms with Crippen molar-refractivity contribution in [2.75, 3.05) is 6.54 Å². The molecule has 1 N–H and O–H groups in total. The summed E-state index contributed by atoms with van der Waals surface area (Å²) in [6.07, 6.45) is 2.81. The second-order valence-electron chi connectivity index (χ2n) is 6.81. The van der Waals surface area contributed by atoms with Gasteiger partial charge in [0.25, 0.3) is 0 Å². The van der Waals surface area contributed by atoms with E-state index in [1.807, 2.05) is 52.1 Å². The first-order chi connectivity index (χ1) is 12.7. The van der Waals surface area contributed by atoms with Crippen molar-refractivity contribution >= 4 is 39.3 Å². The zero-order valence-corrected chi connectivity index (χ0v) is 15.0. The van der Waals surface area contributed by atoms with Crippen molar-refractivity contribution in [1.82, 2.24) is 14.5 Å². The van der Waals surface area contributed by atoms with Crippen LogP contribution in [-0.4, -0.2) is 26.9 Å². The van der Waals surface area contributed by atoms with Crippen LogP contribution in [0.15, 0.2) is 54.7 Å². The van der Waals surface area contributed by atoms with Gasteiger partial charge in [0.1, 0.15) is 6.54 Å². The van der Waals surface area contributed by atoms with Crippen molar-refractivity contribution in [3.05, 3.63) is 71.0 Å². The smallest absolute Gasteiger partial charge is 0.242 e. The molecule has 2 aromatic heterocycles. The zero-order chi connectivity index (χ0) is 17.7. The van der Waals surface area contributed by atoms with E-state index < -0.39 is 0 Å². The van der Waals surface area contributed by atoms with Gasteiger partial charge in [-0.1, -0.05) is 35.9 Å². The lowest BCUT2D eigenvalue weighted by molar-refractivity contribution is -0.132. The van der Waals surface area contributed by atoms with Gasteiger partial charge >= 0.3 is 0 Å². The van der Waals surface area contributed by atoms with E-state index in [1.54, 1.807) is 0 Å². The van der Waals surface area contributed by atoms with Crippen LogP contribution in [0.1, 0.15) is 11.3 Å². The van der Waals surface area contributed by atoms with Gasteiger partial charge < -0.3 is 14.5 Å². The Morgan fingerprint density at radius 1 is 1.08 bits per heavy atom. The lowest BCUT2D eigenvalue weighted by Gasteiger charge is -2.27. The molecule has 0 unspecified atom stereocenters. The second-order valence-corrected chi connectivity index (χ2v) is 7.22. The average molecular weight is 364 g/mol. The van der Waals surface area contributed by atoms with Crippen LogP contribution in [0.4, 0.5) is 0 Å². The van der Waals surface area contributed by atoms with Crippen molar-refractivity contribution in [3.8, 4) is 0 Å². The Balaban J connectivity index is 1.42. The third-order valence-corrected chi connectivity index (χ3v) is 5.63. The largest absolute Gasteiger partial charge is 0.358 e. The molecule has 2 aromatic carbocycles. The first kappa shape index (κ1) is 15.5.